The van der Waals surface area contributed by atoms with Gasteiger partial charge in [-0.25, -0.2) is 4.79 Å². The van der Waals surface area contributed by atoms with Crippen molar-refractivity contribution >= 4 is 64.3 Å². The first-order valence-corrected chi connectivity index (χ1v) is 10.6. The van der Waals surface area contributed by atoms with E-state index in [1.807, 2.05) is 0 Å². The SMILES string of the molecule is COC1=CC(=O)N(C(=O)C(C)C(CCCCC(Cl)(Cl)C(C)(Cl)Cl)OC(N)=O)C1C. The molecule has 0 fully saturated rings. The number of hydrogen-bond donors (Lipinski definition) is 1. The van der Waals surface area contributed by atoms with Crippen LogP contribution < -0.4 is 5.73 Å². The molecule has 0 saturated heterocycles. The fourth-order valence-electron chi connectivity index (χ4n) is 3.01. The van der Waals surface area contributed by atoms with Crippen LogP contribution in [0.25, 0.3) is 0 Å². The largest absolute Gasteiger partial charge is 0.499 e. The molecular weight excluding hydrogens is 466 g/mol. The molecule has 1 rings (SSSR count). The molecule has 3 unspecified atom stereocenters. The highest BCUT2D eigenvalue weighted by atomic mass is 35.5. The van der Waals surface area contributed by atoms with Crippen LogP contribution in [0, 0.1) is 5.92 Å². The number of imide groups is 1. The van der Waals surface area contributed by atoms with Crippen molar-refractivity contribution in [2.45, 2.75) is 67.3 Å². The number of methoxy groups -OCH3 is 1. The molecule has 7 nitrogen and oxygen atoms in total. The zero-order valence-corrected chi connectivity index (χ0v) is 19.7. The number of hydrogen-bond acceptors (Lipinski definition) is 5. The molecule has 166 valence electrons. The van der Waals surface area contributed by atoms with Crippen LogP contribution in [0.5, 0.6) is 0 Å². The molecule has 0 bridgehead atoms. The van der Waals surface area contributed by atoms with E-state index in [4.69, 9.17) is 61.6 Å². The number of nitrogens with two attached hydrogens (primary N) is 1. The van der Waals surface area contributed by atoms with Crippen LogP contribution in [0.4, 0.5) is 4.79 Å². The minimum Gasteiger partial charge on any atom is -0.499 e. The molecule has 11 heteroatoms. The number of carbonyl (C=O) groups is 3. The second-order valence-corrected chi connectivity index (χ2v) is 10.3. The van der Waals surface area contributed by atoms with E-state index in [0.29, 0.717) is 25.0 Å². The van der Waals surface area contributed by atoms with E-state index >= 15 is 0 Å². The van der Waals surface area contributed by atoms with Gasteiger partial charge in [0.1, 0.15) is 16.2 Å². The van der Waals surface area contributed by atoms with E-state index in [1.165, 1.54) is 20.1 Å². The monoisotopic (exact) mass is 490 g/mol. The summed E-state index contributed by atoms with van der Waals surface area (Å²) in [4.78, 5) is 37.4. The van der Waals surface area contributed by atoms with Crippen LogP contribution in [-0.2, 0) is 19.1 Å². The van der Waals surface area contributed by atoms with E-state index in [-0.39, 0.29) is 6.42 Å². The van der Waals surface area contributed by atoms with E-state index in [9.17, 15) is 14.4 Å². The number of rotatable bonds is 10. The number of alkyl halides is 4. The van der Waals surface area contributed by atoms with Gasteiger partial charge in [-0.15, -0.1) is 0 Å². The summed E-state index contributed by atoms with van der Waals surface area (Å²) >= 11 is 24.2. The van der Waals surface area contributed by atoms with Crippen LogP contribution in [-0.4, -0.2) is 50.7 Å². The molecule has 0 aliphatic carbocycles. The van der Waals surface area contributed by atoms with Crippen molar-refractivity contribution in [3.05, 3.63) is 11.8 Å². The molecule has 0 aromatic carbocycles. The van der Waals surface area contributed by atoms with Crippen molar-refractivity contribution < 1.29 is 23.9 Å². The number of nitrogens with zero attached hydrogens (tertiary/aromatic N) is 1. The molecule has 2 N–H and O–H groups in total. The standard InChI is InChI=1S/C18H26Cl4N2O5/c1-10(15(26)24-11(2)13(28-4)9-14(24)25)12(29-16(23)27)7-5-6-8-18(21,22)17(3,19)20/h9-12H,5-8H2,1-4H3,(H2,23,27). The van der Waals surface area contributed by atoms with Crippen LogP contribution in [0.2, 0.25) is 0 Å². The fourth-order valence-corrected chi connectivity index (χ4v) is 3.47. The summed E-state index contributed by atoms with van der Waals surface area (Å²) in [5, 5.41) is 0. The topological polar surface area (TPSA) is 98.9 Å². The smallest absolute Gasteiger partial charge is 0.404 e. The summed E-state index contributed by atoms with van der Waals surface area (Å²) < 4.78 is 7.53. The van der Waals surface area contributed by atoms with Gasteiger partial charge in [0, 0.05) is 6.08 Å². The van der Waals surface area contributed by atoms with E-state index < -0.39 is 44.6 Å². The van der Waals surface area contributed by atoms with Gasteiger partial charge in [-0.2, -0.15) is 0 Å². The highest BCUT2D eigenvalue weighted by molar-refractivity contribution is 6.62. The quantitative estimate of drug-likeness (QED) is 0.362. The molecule has 0 radical (unpaired) electrons. The first kappa shape index (κ1) is 26.1. The summed E-state index contributed by atoms with van der Waals surface area (Å²) in [6.45, 7) is 4.74. The Balaban J connectivity index is 2.76. The van der Waals surface area contributed by atoms with Crippen molar-refractivity contribution in [2.75, 3.05) is 7.11 Å². The molecule has 0 aromatic heterocycles. The van der Waals surface area contributed by atoms with Gasteiger partial charge < -0.3 is 15.2 Å². The summed E-state index contributed by atoms with van der Waals surface area (Å²) in [5.74, 6) is -1.40. The van der Waals surface area contributed by atoms with Crippen LogP contribution in [0.3, 0.4) is 0 Å². The number of carbonyl (C=O) groups excluding carboxylic acids is 3. The maximum atomic E-state index is 12.9. The lowest BCUT2D eigenvalue weighted by Crippen LogP contribution is -2.46. The summed E-state index contributed by atoms with van der Waals surface area (Å²) in [5.41, 5.74) is 5.15. The molecule has 0 aromatic rings. The van der Waals surface area contributed by atoms with Gasteiger partial charge in [0.2, 0.25) is 5.91 Å². The molecule has 29 heavy (non-hydrogen) atoms. The minimum absolute atomic E-state index is 0.286. The van der Waals surface area contributed by atoms with Crippen molar-refractivity contribution in [1.82, 2.24) is 4.90 Å². The van der Waals surface area contributed by atoms with Gasteiger partial charge in [0.25, 0.3) is 5.91 Å². The van der Waals surface area contributed by atoms with Gasteiger partial charge in [0.05, 0.1) is 19.1 Å². The first-order valence-electron chi connectivity index (χ1n) is 9.07. The fraction of sp³-hybridized carbons (Fsp3) is 0.722. The Hall–Kier alpha value is -0.890. The van der Waals surface area contributed by atoms with Crippen LogP contribution in [0.1, 0.15) is 46.5 Å². The van der Waals surface area contributed by atoms with Crippen LogP contribution in [0.15, 0.2) is 11.8 Å². The number of ether oxygens (including phenoxy) is 2. The third kappa shape index (κ3) is 6.81. The van der Waals surface area contributed by atoms with Gasteiger partial charge in [0.15, 0.2) is 4.33 Å². The maximum absolute atomic E-state index is 12.9. The van der Waals surface area contributed by atoms with Crippen molar-refractivity contribution in [3.63, 3.8) is 0 Å². The molecule has 1 aliphatic heterocycles. The van der Waals surface area contributed by atoms with Gasteiger partial charge in [-0.05, 0) is 33.1 Å². The summed E-state index contributed by atoms with van der Waals surface area (Å²) in [6, 6.07) is -0.546. The Morgan fingerprint density at radius 2 is 1.86 bits per heavy atom. The highest BCUT2D eigenvalue weighted by Crippen LogP contribution is 2.45. The lowest BCUT2D eigenvalue weighted by Gasteiger charge is -2.30. The Kier molecular flexibility index (Phi) is 9.40. The average molecular weight is 492 g/mol. The van der Waals surface area contributed by atoms with E-state index in [0.717, 1.165) is 4.90 Å². The lowest BCUT2D eigenvalue weighted by atomic mass is 9.96. The van der Waals surface area contributed by atoms with Gasteiger partial charge in [-0.3, -0.25) is 14.5 Å². The summed E-state index contributed by atoms with van der Waals surface area (Å²) in [7, 11) is 1.42. The van der Waals surface area contributed by atoms with Gasteiger partial charge >= 0.3 is 6.09 Å². The molecular formula is C18H26Cl4N2O5. The van der Waals surface area contributed by atoms with Crippen molar-refractivity contribution in [3.8, 4) is 0 Å². The molecule has 1 aliphatic rings. The zero-order valence-electron chi connectivity index (χ0n) is 16.7. The van der Waals surface area contributed by atoms with Crippen LogP contribution >= 0.6 is 46.4 Å². The predicted octanol–water partition coefficient (Wildman–Crippen LogP) is 4.30. The van der Waals surface area contributed by atoms with Crippen molar-refractivity contribution in [1.29, 1.82) is 0 Å². The molecule has 1 heterocycles. The maximum Gasteiger partial charge on any atom is 0.404 e. The second kappa shape index (κ2) is 10.4. The Labute approximate surface area is 190 Å². The molecule has 3 amide bonds. The van der Waals surface area contributed by atoms with Crippen molar-refractivity contribution in [2.24, 2.45) is 11.7 Å². The first-order chi connectivity index (χ1) is 13.2. The van der Waals surface area contributed by atoms with E-state index in [2.05, 4.69) is 0 Å². The Morgan fingerprint density at radius 3 is 2.31 bits per heavy atom. The number of halogens is 4. The third-order valence-electron chi connectivity index (χ3n) is 4.86. The molecule has 3 atom stereocenters. The normalized spacial score (nSPS) is 19.6. The minimum atomic E-state index is -1.36. The predicted molar refractivity (Wildman–Crippen MR) is 113 cm³/mol. The Bertz CT molecular complexity index is 663. The molecule has 0 spiro atoms. The number of amides is 3. The number of unbranched alkanes of at least 4 members (excludes halogenated alkanes) is 1. The van der Waals surface area contributed by atoms with E-state index in [1.54, 1.807) is 13.8 Å². The highest BCUT2D eigenvalue weighted by Gasteiger charge is 2.43. The second-order valence-electron chi connectivity index (χ2n) is 7.08. The number of primary amides is 1. The lowest BCUT2D eigenvalue weighted by molar-refractivity contribution is -0.147. The third-order valence-corrected chi connectivity index (χ3v) is 7.03. The Morgan fingerprint density at radius 1 is 1.28 bits per heavy atom. The summed E-state index contributed by atoms with van der Waals surface area (Å²) in [6.07, 6.45) is 1.03. The van der Waals surface area contributed by atoms with Gasteiger partial charge in [-0.1, -0.05) is 59.7 Å². The zero-order chi connectivity index (χ0) is 22.6. The molecule has 0 saturated carbocycles. The average Bonchev–Trinajstić information content (AvgIpc) is 2.88.